The van der Waals surface area contributed by atoms with Crippen LogP contribution in [0.2, 0.25) is 0 Å². The molecule has 0 saturated carbocycles. The number of halogens is 1. The molecule has 2 rings (SSSR count). The molecule has 1 atom stereocenters. The molecule has 1 saturated heterocycles. The maximum absolute atomic E-state index is 13.3. The van der Waals surface area contributed by atoms with Gasteiger partial charge in [-0.05, 0) is 24.6 Å². The zero-order valence-electron chi connectivity index (χ0n) is 10.2. The molecule has 0 spiro atoms. The van der Waals surface area contributed by atoms with E-state index < -0.39 is 17.3 Å². The largest absolute Gasteiger partial charge is 0.480 e. The second kappa shape index (κ2) is 5.04. The molecule has 1 unspecified atom stereocenters. The van der Waals surface area contributed by atoms with Gasteiger partial charge in [-0.3, -0.25) is 4.90 Å². The van der Waals surface area contributed by atoms with Crippen LogP contribution in [0, 0.1) is 5.82 Å². The first kappa shape index (κ1) is 13.0. The van der Waals surface area contributed by atoms with Gasteiger partial charge in [0.05, 0.1) is 13.2 Å². The number of nitrogens with zero attached hydrogens (tertiary/aromatic N) is 1. The highest BCUT2D eigenvalue weighted by atomic mass is 19.1. The maximum atomic E-state index is 13.3. The van der Waals surface area contributed by atoms with Crippen LogP contribution >= 0.6 is 0 Å². The van der Waals surface area contributed by atoms with Crippen LogP contribution in [0.15, 0.2) is 24.3 Å². The first-order valence-electron chi connectivity index (χ1n) is 5.87. The average Bonchev–Trinajstić information content (AvgIpc) is 2.38. The number of hydrogen-bond donors (Lipinski definition) is 1. The van der Waals surface area contributed by atoms with Gasteiger partial charge in [-0.1, -0.05) is 12.1 Å². The van der Waals surface area contributed by atoms with Gasteiger partial charge in [-0.15, -0.1) is 0 Å². The van der Waals surface area contributed by atoms with Crippen molar-refractivity contribution in [1.82, 2.24) is 4.90 Å². The lowest BCUT2D eigenvalue weighted by Crippen LogP contribution is -2.54. The molecule has 98 valence electrons. The molecule has 0 bridgehead atoms. The van der Waals surface area contributed by atoms with Crippen LogP contribution in [-0.2, 0) is 15.1 Å². The van der Waals surface area contributed by atoms with Crippen molar-refractivity contribution in [3.63, 3.8) is 0 Å². The predicted octanol–water partition coefficient (Wildman–Crippen LogP) is 1.46. The molecule has 5 heteroatoms. The summed E-state index contributed by atoms with van der Waals surface area (Å²) in [6, 6.07) is 5.77. The van der Waals surface area contributed by atoms with Gasteiger partial charge in [0.2, 0.25) is 0 Å². The summed E-state index contributed by atoms with van der Waals surface area (Å²) in [7, 11) is 0. The van der Waals surface area contributed by atoms with E-state index in [2.05, 4.69) is 0 Å². The SMILES string of the molecule is CC(C(=O)O)(c1cccc(F)c1)N1CCOCC1. The van der Waals surface area contributed by atoms with E-state index in [4.69, 9.17) is 4.74 Å². The van der Waals surface area contributed by atoms with Crippen LogP contribution in [0.3, 0.4) is 0 Å². The lowest BCUT2D eigenvalue weighted by molar-refractivity contribution is -0.154. The summed E-state index contributed by atoms with van der Waals surface area (Å²) in [4.78, 5) is 13.4. The Morgan fingerprint density at radius 2 is 2.11 bits per heavy atom. The Labute approximate surface area is 105 Å². The third-order valence-corrected chi connectivity index (χ3v) is 3.45. The second-order valence-electron chi connectivity index (χ2n) is 4.49. The normalized spacial score (nSPS) is 20.3. The molecule has 18 heavy (non-hydrogen) atoms. The van der Waals surface area contributed by atoms with Crippen molar-refractivity contribution in [2.45, 2.75) is 12.5 Å². The predicted molar refractivity (Wildman–Crippen MR) is 63.8 cm³/mol. The van der Waals surface area contributed by atoms with Gasteiger partial charge >= 0.3 is 5.97 Å². The van der Waals surface area contributed by atoms with Crippen LogP contribution in [0.25, 0.3) is 0 Å². The average molecular weight is 253 g/mol. The van der Waals surface area contributed by atoms with Gasteiger partial charge in [0.25, 0.3) is 0 Å². The number of aliphatic carboxylic acids is 1. The summed E-state index contributed by atoms with van der Waals surface area (Å²) in [5.74, 6) is -1.40. The number of morpholine rings is 1. The van der Waals surface area contributed by atoms with Crippen LogP contribution in [0.4, 0.5) is 4.39 Å². The van der Waals surface area contributed by atoms with E-state index >= 15 is 0 Å². The van der Waals surface area contributed by atoms with Crippen molar-refractivity contribution < 1.29 is 19.0 Å². The molecular formula is C13H16FNO3. The summed E-state index contributed by atoms with van der Waals surface area (Å²) in [5.41, 5.74) is -0.761. The maximum Gasteiger partial charge on any atom is 0.328 e. The van der Waals surface area contributed by atoms with E-state index in [9.17, 15) is 14.3 Å². The standard InChI is InChI=1S/C13H16FNO3/c1-13(12(16)17,15-5-7-18-8-6-15)10-3-2-4-11(14)9-10/h2-4,9H,5-8H2,1H3,(H,16,17). The first-order chi connectivity index (χ1) is 8.55. The van der Waals surface area contributed by atoms with Gasteiger partial charge < -0.3 is 9.84 Å². The Hall–Kier alpha value is -1.46. The highest BCUT2D eigenvalue weighted by Gasteiger charge is 2.42. The van der Waals surface area contributed by atoms with E-state index in [1.165, 1.54) is 18.2 Å². The summed E-state index contributed by atoms with van der Waals surface area (Å²) < 4.78 is 18.5. The minimum Gasteiger partial charge on any atom is -0.480 e. The second-order valence-corrected chi connectivity index (χ2v) is 4.49. The minimum atomic E-state index is -1.22. The fraction of sp³-hybridized carbons (Fsp3) is 0.462. The number of benzene rings is 1. The van der Waals surface area contributed by atoms with Gasteiger partial charge in [0.1, 0.15) is 11.4 Å². The summed E-state index contributed by atoms with van der Waals surface area (Å²) in [6.45, 7) is 3.66. The summed E-state index contributed by atoms with van der Waals surface area (Å²) in [5, 5.41) is 9.52. The molecule has 1 N–H and O–H groups in total. The highest BCUT2D eigenvalue weighted by molar-refractivity contribution is 5.80. The molecule has 1 fully saturated rings. The molecule has 0 radical (unpaired) electrons. The van der Waals surface area contributed by atoms with Gasteiger partial charge in [0, 0.05) is 13.1 Å². The van der Waals surface area contributed by atoms with Gasteiger partial charge in [-0.25, -0.2) is 9.18 Å². The fourth-order valence-electron chi connectivity index (χ4n) is 2.24. The smallest absolute Gasteiger partial charge is 0.328 e. The van der Waals surface area contributed by atoms with Crippen molar-refractivity contribution >= 4 is 5.97 Å². The number of ether oxygens (including phenoxy) is 1. The molecule has 1 aromatic rings. The third kappa shape index (κ3) is 2.23. The number of carboxylic acid groups (broad SMARTS) is 1. The Balaban J connectivity index is 2.39. The molecule has 1 heterocycles. The Kier molecular flexibility index (Phi) is 3.63. The summed E-state index contributed by atoms with van der Waals surface area (Å²) >= 11 is 0. The molecule has 0 amide bonds. The van der Waals surface area contributed by atoms with Crippen LogP contribution in [0.5, 0.6) is 0 Å². The zero-order valence-corrected chi connectivity index (χ0v) is 10.2. The summed E-state index contributed by atoms with van der Waals surface area (Å²) in [6.07, 6.45) is 0. The first-order valence-corrected chi connectivity index (χ1v) is 5.87. The topological polar surface area (TPSA) is 49.8 Å². The van der Waals surface area contributed by atoms with Crippen molar-refractivity contribution in [2.24, 2.45) is 0 Å². The highest BCUT2D eigenvalue weighted by Crippen LogP contribution is 2.29. The fourth-order valence-corrected chi connectivity index (χ4v) is 2.24. The van der Waals surface area contributed by atoms with E-state index in [1.54, 1.807) is 13.0 Å². The van der Waals surface area contributed by atoms with Crippen LogP contribution in [0.1, 0.15) is 12.5 Å². The Morgan fingerprint density at radius 1 is 1.44 bits per heavy atom. The Morgan fingerprint density at radius 3 is 2.67 bits per heavy atom. The van der Waals surface area contributed by atoms with E-state index in [-0.39, 0.29) is 0 Å². The monoisotopic (exact) mass is 253 g/mol. The number of rotatable bonds is 3. The zero-order chi connectivity index (χ0) is 13.2. The third-order valence-electron chi connectivity index (χ3n) is 3.45. The lowest BCUT2D eigenvalue weighted by atomic mass is 9.89. The molecule has 1 aliphatic rings. The van der Waals surface area contributed by atoms with E-state index in [0.29, 0.717) is 31.9 Å². The van der Waals surface area contributed by atoms with Gasteiger partial charge in [0.15, 0.2) is 0 Å². The minimum absolute atomic E-state index is 0.423. The molecule has 4 nitrogen and oxygen atoms in total. The molecule has 1 aliphatic heterocycles. The van der Waals surface area contributed by atoms with E-state index in [1.807, 2.05) is 4.90 Å². The van der Waals surface area contributed by atoms with Crippen LogP contribution in [-0.4, -0.2) is 42.3 Å². The van der Waals surface area contributed by atoms with Crippen molar-refractivity contribution in [2.75, 3.05) is 26.3 Å². The quantitative estimate of drug-likeness (QED) is 0.886. The van der Waals surface area contributed by atoms with E-state index in [0.717, 1.165) is 0 Å². The number of hydrogen-bond acceptors (Lipinski definition) is 3. The van der Waals surface area contributed by atoms with Crippen molar-refractivity contribution in [3.05, 3.63) is 35.6 Å². The molecule has 1 aromatic carbocycles. The molecule has 0 aromatic heterocycles. The Bertz CT molecular complexity index is 446. The lowest BCUT2D eigenvalue weighted by Gasteiger charge is -2.40. The van der Waals surface area contributed by atoms with Crippen LogP contribution < -0.4 is 0 Å². The number of carboxylic acids is 1. The van der Waals surface area contributed by atoms with Crippen molar-refractivity contribution in [3.8, 4) is 0 Å². The molecular weight excluding hydrogens is 237 g/mol. The molecule has 0 aliphatic carbocycles. The van der Waals surface area contributed by atoms with Crippen molar-refractivity contribution in [1.29, 1.82) is 0 Å². The number of carbonyl (C=O) groups is 1. The van der Waals surface area contributed by atoms with Gasteiger partial charge in [-0.2, -0.15) is 0 Å².